The first-order chi connectivity index (χ1) is 23.1. The summed E-state index contributed by atoms with van der Waals surface area (Å²) in [7, 11) is 0. The van der Waals surface area contributed by atoms with Gasteiger partial charge in [0, 0.05) is 6.42 Å². The molecule has 0 radical (unpaired) electrons. The first-order valence-corrected chi connectivity index (χ1v) is 15.7. The third-order valence-corrected chi connectivity index (χ3v) is 7.29. The molecular weight excluding hydrogens is 640 g/mol. The van der Waals surface area contributed by atoms with Gasteiger partial charge in [-0.05, 0) is 48.9 Å². The number of carbonyl (C=O) groups excluding carboxylic acids is 5. The molecule has 0 saturated carbocycles. The Hall–Kier alpha value is -5.06. The van der Waals surface area contributed by atoms with E-state index in [2.05, 4.69) is 26.6 Å². The van der Waals surface area contributed by atoms with Crippen molar-refractivity contribution in [1.82, 2.24) is 26.6 Å². The largest absolute Gasteiger partial charge is 0.508 e. The molecule has 0 aliphatic rings. The predicted octanol–water partition coefficient (Wildman–Crippen LogP) is -1.94. The van der Waals surface area contributed by atoms with Gasteiger partial charge in [0.15, 0.2) is 6.04 Å². The molecule has 0 aliphatic carbocycles. The lowest BCUT2D eigenvalue weighted by Gasteiger charge is -2.26. The SMILES string of the molecule is CC(C)C[C@@H](NC(=O)[C@H](Cc1ccccc1)NC(=O)CNC(=O)[C@H](CO)NC(=O)[C@@H](N)Cc1ccc(O)cc1)C(=O)N[C@H](C(=O)O)[C@@H](C)O. The summed E-state index contributed by atoms with van der Waals surface area (Å²) in [6.45, 7) is 3.32. The highest BCUT2D eigenvalue weighted by molar-refractivity contribution is 5.95. The normalized spacial score (nSPS) is 14.7. The summed E-state index contributed by atoms with van der Waals surface area (Å²) in [6.07, 6.45) is -1.24. The van der Waals surface area contributed by atoms with Crippen molar-refractivity contribution in [3.05, 3.63) is 65.7 Å². The first kappa shape index (κ1) is 40.1. The number of hydrogen-bond donors (Lipinski definition) is 10. The van der Waals surface area contributed by atoms with Gasteiger partial charge in [-0.15, -0.1) is 0 Å². The van der Waals surface area contributed by atoms with Crippen molar-refractivity contribution in [3.8, 4) is 5.75 Å². The minimum atomic E-state index is -1.62. The average Bonchev–Trinajstić information content (AvgIpc) is 3.04. The number of nitrogens with two attached hydrogens (primary N) is 1. The quantitative estimate of drug-likeness (QED) is 0.0777. The van der Waals surface area contributed by atoms with Crippen LogP contribution >= 0.6 is 0 Å². The fourth-order valence-corrected chi connectivity index (χ4v) is 4.66. The van der Waals surface area contributed by atoms with E-state index in [0.29, 0.717) is 11.1 Å². The maximum atomic E-state index is 13.5. The molecule has 0 spiro atoms. The monoisotopic (exact) mass is 686 g/mol. The van der Waals surface area contributed by atoms with Crippen LogP contribution in [0.15, 0.2) is 54.6 Å². The number of amides is 5. The molecule has 0 unspecified atom stereocenters. The summed E-state index contributed by atoms with van der Waals surface area (Å²) in [5.41, 5.74) is 7.24. The van der Waals surface area contributed by atoms with Crippen molar-refractivity contribution in [2.45, 2.75) is 76.3 Å². The maximum absolute atomic E-state index is 13.5. The fraction of sp³-hybridized carbons (Fsp3) is 0.455. The zero-order valence-corrected chi connectivity index (χ0v) is 27.6. The highest BCUT2D eigenvalue weighted by atomic mass is 16.4. The summed E-state index contributed by atoms with van der Waals surface area (Å²) < 4.78 is 0. The molecule has 11 N–H and O–H groups in total. The third kappa shape index (κ3) is 13.9. The number of aliphatic hydroxyl groups is 2. The molecule has 2 aromatic carbocycles. The molecule has 49 heavy (non-hydrogen) atoms. The van der Waals surface area contributed by atoms with Crippen molar-refractivity contribution in [2.75, 3.05) is 13.2 Å². The van der Waals surface area contributed by atoms with Crippen LogP contribution in [0.1, 0.15) is 38.3 Å². The van der Waals surface area contributed by atoms with Crippen molar-refractivity contribution in [2.24, 2.45) is 11.7 Å². The molecule has 16 nitrogen and oxygen atoms in total. The fourth-order valence-electron chi connectivity index (χ4n) is 4.66. The number of aliphatic hydroxyl groups excluding tert-OH is 2. The number of carboxylic acids is 1. The molecule has 5 amide bonds. The molecule has 16 heteroatoms. The summed E-state index contributed by atoms with van der Waals surface area (Å²) in [5, 5.41) is 50.3. The molecule has 0 fully saturated rings. The van der Waals surface area contributed by atoms with Crippen LogP contribution in [0.4, 0.5) is 0 Å². The number of carboxylic acid groups (broad SMARTS) is 1. The molecule has 0 saturated heterocycles. The second-order valence-electron chi connectivity index (χ2n) is 12.0. The third-order valence-electron chi connectivity index (χ3n) is 7.29. The lowest BCUT2D eigenvalue weighted by Crippen LogP contribution is -2.58. The van der Waals surface area contributed by atoms with Gasteiger partial charge >= 0.3 is 5.97 Å². The number of phenolic OH excluding ortho intramolecular Hbond substituents is 1. The molecule has 268 valence electrons. The van der Waals surface area contributed by atoms with E-state index >= 15 is 0 Å². The zero-order valence-electron chi connectivity index (χ0n) is 27.6. The number of carbonyl (C=O) groups is 6. The van der Waals surface area contributed by atoms with E-state index in [1.807, 2.05) is 0 Å². The van der Waals surface area contributed by atoms with Crippen molar-refractivity contribution >= 4 is 35.5 Å². The number of aromatic hydroxyl groups is 1. The van der Waals surface area contributed by atoms with E-state index in [0.717, 1.165) is 0 Å². The van der Waals surface area contributed by atoms with Crippen LogP contribution in [0.25, 0.3) is 0 Å². The first-order valence-electron chi connectivity index (χ1n) is 15.7. The van der Waals surface area contributed by atoms with Crippen LogP contribution < -0.4 is 32.3 Å². The highest BCUT2D eigenvalue weighted by Gasteiger charge is 2.32. The van der Waals surface area contributed by atoms with E-state index in [1.54, 1.807) is 56.3 Å². The highest BCUT2D eigenvalue weighted by Crippen LogP contribution is 2.11. The van der Waals surface area contributed by atoms with Crippen LogP contribution in [-0.2, 0) is 41.6 Å². The van der Waals surface area contributed by atoms with Crippen LogP contribution in [0.5, 0.6) is 5.75 Å². The molecule has 2 rings (SSSR count). The molecule has 0 bridgehead atoms. The summed E-state index contributed by atoms with van der Waals surface area (Å²) >= 11 is 0. The number of phenols is 1. The molecular formula is C33H46N6O10. The zero-order chi connectivity index (χ0) is 36.7. The summed E-state index contributed by atoms with van der Waals surface area (Å²) in [5.74, 6) is -5.59. The van der Waals surface area contributed by atoms with Gasteiger partial charge in [-0.25, -0.2) is 4.79 Å². The number of aliphatic carboxylic acids is 1. The van der Waals surface area contributed by atoms with Gasteiger partial charge < -0.3 is 52.7 Å². The van der Waals surface area contributed by atoms with Gasteiger partial charge in [-0.1, -0.05) is 56.3 Å². The lowest BCUT2D eigenvalue weighted by molar-refractivity contribution is -0.145. The van der Waals surface area contributed by atoms with E-state index < -0.39 is 85.0 Å². The Balaban J connectivity index is 2.09. The predicted molar refractivity (Wildman–Crippen MR) is 177 cm³/mol. The standard InChI is InChI=1S/C33H46N6O10/c1-18(2)13-24(32(47)39-28(19(3)41)33(48)49)37-31(46)25(15-20-7-5-4-6-8-20)36-27(43)16-35-30(45)26(17-40)38-29(44)23(34)14-21-9-11-22(42)12-10-21/h4-12,18-19,23-26,28,40-42H,13-17,34H2,1-3H3,(H,35,45)(H,36,43)(H,37,46)(H,38,44)(H,39,47)(H,48,49)/t19-,23+,24-,25+,26+,28+/m1/s1. The van der Waals surface area contributed by atoms with Crippen molar-refractivity contribution in [3.63, 3.8) is 0 Å². The van der Waals surface area contributed by atoms with Gasteiger partial charge in [0.1, 0.15) is 23.9 Å². The Morgan fingerprint density at radius 3 is 1.84 bits per heavy atom. The summed E-state index contributed by atoms with van der Waals surface area (Å²) in [6, 6.07) is 8.05. The number of hydrogen-bond acceptors (Lipinski definition) is 10. The van der Waals surface area contributed by atoms with E-state index in [-0.39, 0.29) is 30.9 Å². The maximum Gasteiger partial charge on any atom is 0.328 e. The van der Waals surface area contributed by atoms with Gasteiger partial charge in [0.25, 0.3) is 0 Å². The molecule has 0 aromatic heterocycles. The Morgan fingerprint density at radius 2 is 1.29 bits per heavy atom. The molecule has 6 atom stereocenters. The average molecular weight is 687 g/mol. The van der Waals surface area contributed by atoms with Crippen molar-refractivity contribution < 1.29 is 49.2 Å². The Morgan fingerprint density at radius 1 is 0.714 bits per heavy atom. The van der Waals surface area contributed by atoms with Crippen molar-refractivity contribution in [1.29, 1.82) is 0 Å². The van der Waals surface area contributed by atoms with Gasteiger partial charge in [-0.3, -0.25) is 24.0 Å². The Labute approximate surface area is 283 Å². The minimum absolute atomic E-state index is 0.0119. The van der Waals surface area contributed by atoms with E-state index in [9.17, 15) is 49.2 Å². The van der Waals surface area contributed by atoms with Crippen LogP contribution in [0.3, 0.4) is 0 Å². The van der Waals surface area contributed by atoms with E-state index in [4.69, 9.17) is 5.73 Å². The van der Waals surface area contributed by atoms with Crippen LogP contribution in [-0.4, -0.2) is 105 Å². The molecule has 0 aliphatic heterocycles. The lowest BCUT2D eigenvalue weighted by atomic mass is 10.0. The second kappa shape index (κ2) is 19.7. The van der Waals surface area contributed by atoms with Gasteiger partial charge in [0.05, 0.1) is 25.3 Å². The van der Waals surface area contributed by atoms with Crippen LogP contribution in [0, 0.1) is 5.92 Å². The van der Waals surface area contributed by atoms with E-state index in [1.165, 1.54) is 19.1 Å². The minimum Gasteiger partial charge on any atom is -0.508 e. The second-order valence-corrected chi connectivity index (χ2v) is 12.0. The summed E-state index contributed by atoms with van der Waals surface area (Å²) in [4.78, 5) is 76.3. The van der Waals surface area contributed by atoms with Gasteiger partial charge in [0.2, 0.25) is 29.5 Å². The number of rotatable bonds is 19. The Kier molecular flexibility index (Phi) is 16.1. The Bertz CT molecular complexity index is 1420. The number of benzene rings is 2. The number of nitrogens with one attached hydrogen (secondary N) is 5. The van der Waals surface area contributed by atoms with Gasteiger partial charge in [-0.2, -0.15) is 0 Å². The topological polar surface area (TPSA) is 270 Å². The van der Waals surface area contributed by atoms with Crippen LogP contribution in [0.2, 0.25) is 0 Å². The smallest absolute Gasteiger partial charge is 0.328 e. The molecule has 0 heterocycles. The molecule has 2 aromatic rings.